The van der Waals surface area contributed by atoms with Gasteiger partial charge in [-0.2, -0.15) is 0 Å². The molecule has 12 heavy (non-hydrogen) atoms. The summed E-state index contributed by atoms with van der Waals surface area (Å²) in [6, 6.07) is 8.11. The molecule has 2 heteroatoms. The van der Waals surface area contributed by atoms with Crippen LogP contribution in [0.15, 0.2) is 24.3 Å². The third kappa shape index (κ3) is 2.32. The van der Waals surface area contributed by atoms with Crippen LogP contribution in [0.1, 0.15) is 11.1 Å². The summed E-state index contributed by atoms with van der Waals surface area (Å²) in [5.41, 5.74) is 7.93. The highest BCUT2D eigenvalue weighted by Crippen LogP contribution is 2.09. The minimum Gasteiger partial charge on any atom is -0.396 e. The summed E-state index contributed by atoms with van der Waals surface area (Å²) in [5, 5.41) is 8.78. The maximum atomic E-state index is 8.78. The van der Waals surface area contributed by atoms with Gasteiger partial charge in [-0.15, -0.1) is 0 Å². The van der Waals surface area contributed by atoms with Crippen LogP contribution < -0.4 is 5.73 Å². The van der Waals surface area contributed by atoms with Gasteiger partial charge in [-0.3, -0.25) is 0 Å². The van der Waals surface area contributed by atoms with Crippen LogP contribution in [0.3, 0.4) is 0 Å². The van der Waals surface area contributed by atoms with Crippen LogP contribution in [-0.2, 0) is 12.8 Å². The first-order valence-corrected chi connectivity index (χ1v) is 4.26. The van der Waals surface area contributed by atoms with E-state index in [-0.39, 0.29) is 6.61 Å². The second kappa shape index (κ2) is 4.91. The van der Waals surface area contributed by atoms with Crippen LogP contribution in [0.5, 0.6) is 0 Å². The molecule has 0 atom stereocenters. The van der Waals surface area contributed by atoms with Crippen molar-refractivity contribution in [3.8, 4) is 0 Å². The highest BCUT2D eigenvalue weighted by Gasteiger charge is 1.98. The molecule has 0 fully saturated rings. The molecule has 66 valence electrons. The molecule has 1 aromatic carbocycles. The van der Waals surface area contributed by atoms with Crippen molar-refractivity contribution in [2.45, 2.75) is 12.8 Å². The second-order valence-corrected chi connectivity index (χ2v) is 2.78. The zero-order chi connectivity index (χ0) is 8.81. The fourth-order valence-electron chi connectivity index (χ4n) is 1.32. The maximum Gasteiger partial charge on any atom is 0.0471 e. The largest absolute Gasteiger partial charge is 0.396 e. The molecule has 2 nitrogen and oxygen atoms in total. The van der Waals surface area contributed by atoms with Crippen LogP contribution in [0.25, 0.3) is 0 Å². The smallest absolute Gasteiger partial charge is 0.0471 e. The lowest BCUT2D eigenvalue weighted by molar-refractivity contribution is 0.299. The molecule has 1 rings (SSSR count). The van der Waals surface area contributed by atoms with E-state index in [0.29, 0.717) is 6.54 Å². The van der Waals surface area contributed by atoms with Gasteiger partial charge in [0.1, 0.15) is 0 Å². The number of rotatable bonds is 4. The summed E-state index contributed by atoms with van der Waals surface area (Å²) in [6.07, 6.45) is 1.63. The third-order valence-corrected chi connectivity index (χ3v) is 1.91. The van der Waals surface area contributed by atoms with E-state index in [1.807, 2.05) is 18.2 Å². The van der Waals surface area contributed by atoms with Gasteiger partial charge in [0.15, 0.2) is 0 Å². The molecule has 0 unspecified atom stereocenters. The van der Waals surface area contributed by atoms with E-state index >= 15 is 0 Å². The van der Waals surface area contributed by atoms with E-state index in [2.05, 4.69) is 6.07 Å². The summed E-state index contributed by atoms with van der Waals surface area (Å²) >= 11 is 0. The predicted octanol–water partition coefficient (Wildman–Crippen LogP) is 0.723. The SMILES string of the molecule is NCCc1ccccc1CCO. The fraction of sp³-hybridized carbons (Fsp3) is 0.400. The molecule has 3 N–H and O–H groups in total. The zero-order valence-electron chi connectivity index (χ0n) is 7.16. The zero-order valence-corrected chi connectivity index (χ0v) is 7.16. The van der Waals surface area contributed by atoms with Gasteiger partial charge in [0.05, 0.1) is 0 Å². The number of hydrogen-bond acceptors (Lipinski definition) is 2. The number of hydrogen-bond donors (Lipinski definition) is 2. The molecular weight excluding hydrogens is 150 g/mol. The van der Waals surface area contributed by atoms with Crippen molar-refractivity contribution in [3.63, 3.8) is 0 Å². The molecule has 0 saturated carbocycles. The molecule has 1 aromatic rings. The topological polar surface area (TPSA) is 46.2 Å². The first-order chi connectivity index (χ1) is 5.88. The number of aliphatic hydroxyl groups excluding tert-OH is 1. The monoisotopic (exact) mass is 165 g/mol. The Kier molecular flexibility index (Phi) is 3.77. The van der Waals surface area contributed by atoms with E-state index in [1.54, 1.807) is 0 Å². The first-order valence-electron chi connectivity index (χ1n) is 4.26. The number of aliphatic hydroxyl groups is 1. The summed E-state index contributed by atoms with van der Waals surface area (Å²) in [5.74, 6) is 0. The Morgan fingerprint density at radius 2 is 1.67 bits per heavy atom. The quantitative estimate of drug-likeness (QED) is 0.690. The van der Waals surface area contributed by atoms with Crippen LogP contribution in [0.4, 0.5) is 0 Å². The van der Waals surface area contributed by atoms with Gasteiger partial charge in [0.25, 0.3) is 0 Å². The van der Waals surface area contributed by atoms with Crippen molar-refractivity contribution in [1.29, 1.82) is 0 Å². The molecule has 0 aliphatic rings. The molecule has 0 aromatic heterocycles. The Bertz CT molecular complexity index is 210. The van der Waals surface area contributed by atoms with Gasteiger partial charge in [0, 0.05) is 6.61 Å². The lowest BCUT2D eigenvalue weighted by atomic mass is 10.0. The van der Waals surface area contributed by atoms with Crippen LogP contribution in [-0.4, -0.2) is 18.3 Å². The number of benzene rings is 1. The van der Waals surface area contributed by atoms with Gasteiger partial charge in [0.2, 0.25) is 0 Å². The van der Waals surface area contributed by atoms with Gasteiger partial charge in [-0.25, -0.2) is 0 Å². The Hall–Kier alpha value is -0.860. The predicted molar refractivity (Wildman–Crippen MR) is 50.0 cm³/mol. The highest BCUT2D eigenvalue weighted by atomic mass is 16.2. The minimum absolute atomic E-state index is 0.210. The summed E-state index contributed by atoms with van der Waals surface area (Å²) in [6.45, 7) is 0.879. The molecule has 0 amide bonds. The van der Waals surface area contributed by atoms with Gasteiger partial charge in [-0.05, 0) is 30.5 Å². The van der Waals surface area contributed by atoms with E-state index in [1.165, 1.54) is 11.1 Å². The van der Waals surface area contributed by atoms with E-state index in [0.717, 1.165) is 12.8 Å². The summed E-state index contributed by atoms with van der Waals surface area (Å²) < 4.78 is 0. The fourth-order valence-corrected chi connectivity index (χ4v) is 1.32. The van der Waals surface area contributed by atoms with Crippen molar-refractivity contribution < 1.29 is 5.11 Å². The molecule has 0 spiro atoms. The third-order valence-electron chi connectivity index (χ3n) is 1.91. The molecule has 0 heterocycles. The molecule has 0 aliphatic carbocycles. The summed E-state index contributed by atoms with van der Waals surface area (Å²) in [4.78, 5) is 0. The Balaban J connectivity index is 2.77. The standard InChI is InChI=1S/C10H15NO/c11-7-5-9-3-1-2-4-10(9)6-8-12/h1-4,12H,5-8,11H2. The molecule has 0 bridgehead atoms. The van der Waals surface area contributed by atoms with Crippen LogP contribution >= 0.6 is 0 Å². The van der Waals surface area contributed by atoms with E-state index in [4.69, 9.17) is 10.8 Å². The Labute approximate surface area is 73.0 Å². The molecule has 0 aliphatic heterocycles. The van der Waals surface area contributed by atoms with Gasteiger partial charge >= 0.3 is 0 Å². The minimum atomic E-state index is 0.210. The van der Waals surface area contributed by atoms with Crippen molar-refractivity contribution in [2.24, 2.45) is 5.73 Å². The summed E-state index contributed by atoms with van der Waals surface area (Å²) in [7, 11) is 0. The van der Waals surface area contributed by atoms with E-state index in [9.17, 15) is 0 Å². The van der Waals surface area contributed by atoms with Crippen molar-refractivity contribution >= 4 is 0 Å². The van der Waals surface area contributed by atoms with Crippen molar-refractivity contribution in [3.05, 3.63) is 35.4 Å². The average molecular weight is 165 g/mol. The number of nitrogens with two attached hydrogens (primary N) is 1. The normalized spacial score (nSPS) is 10.2. The Morgan fingerprint density at radius 1 is 1.08 bits per heavy atom. The van der Waals surface area contributed by atoms with Gasteiger partial charge in [-0.1, -0.05) is 24.3 Å². The molecular formula is C10H15NO. The maximum absolute atomic E-state index is 8.78. The van der Waals surface area contributed by atoms with Crippen molar-refractivity contribution in [2.75, 3.05) is 13.2 Å². The average Bonchev–Trinajstić information content (AvgIpc) is 2.09. The van der Waals surface area contributed by atoms with Gasteiger partial charge < -0.3 is 10.8 Å². The lowest BCUT2D eigenvalue weighted by Crippen LogP contribution is -2.06. The second-order valence-electron chi connectivity index (χ2n) is 2.78. The van der Waals surface area contributed by atoms with E-state index < -0.39 is 0 Å². The lowest BCUT2D eigenvalue weighted by Gasteiger charge is -2.05. The molecule has 0 saturated heterocycles. The van der Waals surface area contributed by atoms with Crippen LogP contribution in [0.2, 0.25) is 0 Å². The van der Waals surface area contributed by atoms with Crippen molar-refractivity contribution in [1.82, 2.24) is 0 Å². The first kappa shape index (κ1) is 9.23. The Morgan fingerprint density at radius 3 is 2.17 bits per heavy atom. The molecule has 0 radical (unpaired) electrons. The highest BCUT2D eigenvalue weighted by molar-refractivity contribution is 5.27. The van der Waals surface area contributed by atoms with Crippen LogP contribution in [0, 0.1) is 0 Å².